The zero-order valence-corrected chi connectivity index (χ0v) is 20.5. The molecular weight excluding hydrogens is 514 g/mol. The van der Waals surface area contributed by atoms with Crippen molar-refractivity contribution in [2.45, 2.75) is 24.4 Å². The molecule has 4 unspecified atom stereocenters. The first-order chi connectivity index (χ1) is 18.7. The molecule has 2 aliphatic heterocycles. The molecule has 0 spiro atoms. The van der Waals surface area contributed by atoms with E-state index in [2.05, 4.69) is 4.99 Å². The minimum atomic E-state index is -1.49. The molecule has 0 aliphatic carbocycles. The number of aliphatic hydroxyl groups excluding tert-OH is 2. The number of benzene rings is 3. The van der Waals surface area contributed by atoms with Gasteiger partial charge in [0.2, 0.25) is 0 Å². The standard InChI is InChI=1S/C27H25NO11/c1-36-18-6-12(2-4-15(18)31)26-21(11-29)37-17-5-3-13(7-19(17)38-26)27-25(35)24(28-10-22(33)34)23-16(32)8-14(30)9-20(23)39-27/h2-9,21,25-27,29-32,35H,10-11H2,1H3,(H,33,34). The molecule has 2 heterocycles. The van der Waals surface area contributed by atoms with Gasteiger partial charge in [0, 0.05) is 17.7 Å². The number of methoxy groups -OCH3 is 1. The van der Waals surface area contributed by atoms with E-state index in [1.54, 1.807) is 30.3 Å². The van der Waals surface area contributed by atoms with Crippen molar-refractivity contribution in [2.24, 2.45) is 4.99 Å². The van der Waals surface area contributed by atoms with Gasteiger partial charge in [-0.05, 0) is 29.8 Å². The van der Waals surface area contributed by atoms with E-state index in [4.69, 9.17) is 24.1 Å². The first kappa shape index (κ1) is 25.9. The molecule has 6 N–H and O–H groups in total. The molecule has 204 valence electrons. The highest BCUT2D eigenvalue weighted by Gasteiger charge is 2.39. The van der Waals surface area contributed by atoms with Crippen LogP contribution in [0.2, 0.25) is 0 Å². The fourth-order valence-electron chi connectivity index (χ4n) is 4.62. The van der Waals surface area contributed by atoms with Gasteiger partial charge >= 0.3 is 5.97 Å². The maximum Gasteiger partial charge on any atom is 0.325 e. The van der Waals surface area contributed by atoms with E-state index in [0.717, 1.165) is 6.07 Å². The van der Waals surface area contributed by atoms with Crippen molar-refractivity contribution >= 4 is 11.7 Å². The number of rotatable bonds is 6. The third-order valence-corrected chi connectivity index (χ3v) is 6.41. The lowest BCUT2D eigenvalue weighted by Crippen LogP contribution is -2.38. The van der Waals surface area contributed by atoms with E-state index in [0.29, 0.717) is 16.9 Å². The molecule has 12 nitrogen and oxygen atoms in total. The maximum absolute atomic E-state index is 11.2. The lowest BCUT2D eigenvalue weighted by atomic mass is 9.91. The van der Waals surface area contributed by atoms with E-state index >= 15 is 0 Å². The highest BCUT2D eigenvalue weighted by atomic mass is 16.6. The van der Waals surface area contributed by atoms with Gasteiger partial charge in [0.15, 0.2) is 41.3 Å². The number of fused-ring (bicyclic) bond motifs is 2. The van der Waals surface area contributed by atoms with Gasteiger partial charge < -0.3 is 49.6 Å². The second kappa shape index (κ2) is 10.2. The van der Waals surface area contributed by atoms with E-state index < -0.39 is 42.7 Å². The number of ether oxygens (including phenoxy) is 4. The van der Waals surface area contributed by atoms with Crippen LogP contribution in [0.1, 0.15) is 28.9 Å². The molecule has 0 aromatic heterocycles. The van der Waals surface area contributed by atoms with Gasteiger partial charge in [0.05, 0.1) is 25.0 Å². The SMILES string of the molecule is COc1cc(C2Oc3cc(C4Oc5cc(O)cc(O)c5C(=NCC(=O)O)C4O)ccc3OC2CO)ccc1O. The van der Waals surface area contributed by atoms with Crippen LogP contribution in [0.3, 0.4) is 0 Å². The van der Waals surface area contributed by atoms with Crippen molar-refractivity contribution < 1.29 is 54.4 Å². The van der Waals surface area contributed by atoms with Crippen LogP contribution < -0.4 is 18.9 Å². The van der Waals surface area contributed by atoms with Crippen molar-refractivity contribution in [3.8, 4) is 40.2 Å². The van der Waals surface area contributed by atoms with E-state index in [-0.39, 0.29) is 46.6 Å². The summed E-state index contributed by atoms with van der Waals surface area (Å²) in [4.78, 5) is 15.2. The minimum absolute atomic E-state index is 0.00348. The highest BCUT2D eigenvalue weighted by molar-refractivity contribution is 6.09. The Labute approximate surface area is 221 Å². The zero-order valence-electron chi connectivity index (χ0n) is 20.5. The summed E-state index contributed by atoms with van der Waals surface area (Å²) < 4.78 is 23.3. The number of carboxylic acid groups (broad SMARTS) is 1. The molecule has 5 rings (SSSR count). The van der Waals surface area contributed by atoms with E-state index in [1.807, 2.05) is 0 Å². The third-order valence-electron chi connectivity index (χ3n) is 6.41. The molecule has 0 saturated carbocycles. The molecule has 0 bridgehead atoms. The fourth-order valence-corrected chi connectivity index (χ4v) is 4.62. The number of carbonyl (C=O) groups is 1. The molecule has 0 fully saturated rings. The summed E-state index contributed by atoms with van der Waals surface area (Å²) >= 11 is 0. The Kier molecular flexibility index (Phi) is 6.81. The van der Waals surface area contributed by atoms with Crippen LogP contribution in [0.4, 0.5) is 0 Å². The summed E-state index contributed by atoms with van der Waals surface area (Å²) in [5.74, 6) is -1.26. The molecule has 0 radical (unpaired) electrons. The number of hydrogen-bond donors (Lipinski definition) is 6. The molecule has 3 aromatic rings. The Morgan fingerprint density at radius 3 is 2.33 bits per heavy atom. The Morgan fingerprint density at radius 2 is 1.62 bits per heavy atom. The van der Waals surface area contributed by atoms with Crippen LogP contribution >= 0.6 is 0 Å². The maximum atomic E-state index is 11.2. The second-order valence-corrected chi connectivity index (χ2v) is 8.93. The van der Waals surface area contributed by atoms with Gasteiger partial charge in [0.1, 0.15) is 29.9 Å². The lowest BCUT2D eigenvalue weighted by molar-refractivity contribution is -0.135. The molecule has 3 aromatic carbocycles. The van der Waals surface area contributed by atoms with Gasteiger partial charge in [-0.15, -0.1) is 0 Å². The molecule has 12 heteroatoms. The molecule has 2 aliphatic rings. The number of carboxylic acids is 1. The van der Waals surface area contributed by atoms with Gasteiger partial charge in [-0.3, -0.25) is 9.79 Å². The normalized spacial score (nSPS) is 22.6. The molecule has 0 saturated heterocycles. The molecule has 0 amide bonds. The monoisotopic (exact) mass is 539 g/mol. The van der Waals surface area contributed by atoms with Gasteiger partial charge in [-0.2, -0.15) is 0 Å². The molecular formula is C27H25NO11. The number of hydrogen-bond acceptors (Lipinski definition) is 11. The summed E-state index contributed by atoms with van der Waals surface area (Å²) in [6.45, 7) is -1.03. The van der Waals surface area contributed by atoms with Crippen LogP contribution in [0.5, 0.6) is 40.2 Å². The van der Waals surface area contributed by atoms with Gasteiger partial charge in [-0.25, -0.2) is 0 Å². The van der Waals surface area contributed by atoms with Crippen LogP contribution in [-0.4, -0.2) is 74.8 Å². The van der Waals surface area contributed by atoms with Crippen molar-refractivity contribution in [2.75, 3.05) is 20.3 Å². The summed E-state index contributed by atoms with van der Waals surface area (Å²) in [7, 11) is 1.41. The van der Waals surface area contributed by atoms with E-state index in [9.17, 15) is 30.3 Å². The molecule has 39 heavy (non-hydrogen) atoms. The van der Waals surface area contributed by atoms with Crippen molar-refractivity contribution in [1.29, 1.82) is 0 Å². The number of aliphatic imine (C=N–C) groups is 1. The smallest absolute Gasteiger partial charge is 0.325 e. The van der Waals surface area contributed by atoms with Crippen molar-refractivity contribution in [1.82, 2.24) is 0 Å². The predicted molar refractivity (Wildman–Crippen MR) is 134 cm³/mol. The number of aromatic hydroxyl groups is 3. The highest BCUT2D eigenvalue weighted by Crippen LogP contribution is 2.46. The largest absolute Gasteiger partial charge is 0.508 e. The number of aliphatic carboxylic acids is 1. The predicted octanol–water partition coefficient (Wildman–Crippen LogP) is 2.05. The van der Waals surface area contributed by atoms with Crippen LogP contribution in [0.25, 0.3) is 0 Å². The number of phenolic OH excluding ortho intramolecular Hbond substituents is 3. The Bertz CT molecular complexity index is 1450. The summed E-state index contributed by atoms with van der Waals surface area (Å²) in [5.41, 5.74) is 0.815. The van der Waals surface area contributed by atoms with E-state index in [1.165, 1.54) is 19.2 Å². The number of aliphatic hydroxyl groups is 2. The minimum Gasteiger partial charge on any atom is -0.508 e. The van der Waals surface area contributed by atoms with Gasteiger partial charge in [-0.1, -0.05) is 12.1 Å². The van der Waals surface area contributed by atoms with Gasteiger partial charge in [0.25, 0.3) is 0 Å². The van der Waals surface area contributed by atoms with Crippen molar-refractivity contribution in [3.63, 3.8) is 0 Å². The topological polar surface area (TPSA) is 188 Å². The third kappa shape index (κ3) is 4.82. The average molecular weight is 539 g/mol. The summed E-state index contributed by atoms with van der Waals surface area (Å²) in [6, 6.07) is 11.6. The van der Waals surface area contributed by atoms with Crippen molar-refractivity contribution in [3.05, 3.63) is 65.2 Å². The first-order valence-electron chi connectivity index (χ1n) is 11.8. The second-order valence-electron chi connectivity index (χ2n) is 8.93. The quantitative estimate of drug-likeness (QED) is 0.269. The molecule has 4 atom stereocenters. The lowest BCUT2D eigenvalue weighted by Gasteiger charge is -2.35. The Morgan fingerprint density at radius 1 is 0.897 bits per heavy atom. The van der Waals surface area contributed by atoms with Crippen LogP contribution in [0, 0.1) is 0 Å². The first-order valence-corrected chi connectivity index (χ1v) is 11.8. The summed E-state index contributed by atoms with van der Waals surface area (Å²) in [6.07, 6.45) is -4.17. The van der Waals surface area contributed by atoms with Crippen LogP contribution in [-0.2, 0) is 4.79 Å². The Balaban J connectivity index is 1.52. The number of nitrogens with zero attached hydrogens (tertiary/aromatic N) is 1. The summed E-state index contributed by atoms with van der Waals surface area (Å²) in [5, 5.41) is 60.6. The average Bonchev–Trinajstić information content (AvgIpc) is 2.91. The zero-order chi connectivity index (χ0) is 27.8. The number of phenols is 3. The van der Waals surface area contributed by atoms with Crippen LogP contribution in [0.15, 0.2) is 53.5 Å². The fraction of sp³-hybridized carbons (Fsp3) is 0.259. The Hall–Kier alpha value is -4.68.